The van der Waals surface area contributed by atoms with E-state index in [1.165, 1.54) is 29.3 Å². The molecule has 0 saturated heterocycles. The van der Waals surface area contributed by atoms with E-state index < -0.39 is 5.82 Å². The number of carbonyl (C=O) groups is 2. The first-order valence-corrected chi connectivity index (χ1v) is 10.4. The second kappa shape index (κ2) is 9.68. The summed E-state index contributed by atoms with van der Waals surface area (Å²) in [6.45, 7) is 5.29. The lowest BCUT2D eigenvalue weighted by Crippen LogP contribution is -2.46. The molecule has 29 heavy (non-hydrogen) atoms. The standard InChI is InChI=1S/C24H29FN2O2/c1-3-4-7-14-26(24(29)20-10-8-11-21(25)16-20)17-23(28)27-15-13-19-9-5-6-12-22(19)18(27)2/h5-6,8-12,16,18H,3-4,7,13-15,17H2,1-2H3. The maximum atomic E-state index is 13.6. The van der Waals surface area contributed by atoms with Crippen LogP contribution in [0.2, 0.25) is 0 Å². The Morgan fingerprint density at radius 1 is 1.14 bits per heavy atom. The minimum absolute atomic E-state index is 0.0192. The Morgan fingerprint density at radius 3 is 2.69 bits per heavy atom. The van der Waals surface area contributed by atoms with Crippen LogP contribution in [0.4, 0.5) is 4.39 Å². The summed E-state index contributed by atoms with van der Waals surface area (Å²) < 4.78 is 13.6. The van der Waals surface area contributed by atoms with Crippen LogP contribution in [0.5, 0.6) is 0 Å². The highest BCUT2D eigenvalue weighted by molar-refractivity contribution is 5.96. The molecule has 1 atom stereocenters. The van der Waals surface area contributed by atoms with Gasteiger partial charge in [0.15, 0.2) is 0 Å². The molecule has 0 N–H and O–H groups in total. The molecule has 0 saturated carbocycles. The molecule has 4 nitrogen and oxygen atoms in total. The van der Waals surface area contributed by atoms with E-state index in [2.05, 4.69) is 19.1 Å². The molecule has 5 heteroatoms. The summed E-state index contributed by atoms with van der Waals surface area (Å²) in [5, 5.41) is 0. The highest BCUT2D eigenvalue weighted by Gasteiger charge is 2.29. The average Bonchev–Trinajstić information content (AvgIpc) is 2.73. The molecule has 154 valence electrons. The molecule has 1 heterocycles. The highest BCUT2D eigenvalue weighted by atomic mass is 19.1. The third-order valence-electron chi connectivity index (χ3n) is 5.63. The normalized spacial score (nSPS) is 15.7. The van der Waals surface area contributed by atoms with Crippen molar-refractivity contribution in [3.63, 3.8) is 0 Å². The van der Waals surface area contributed by atoms with E-state index >= 15 is 0 Å². The van der Waals surface area contributed by atoms with Crippen LogP contribution in [0.1, 0.15) is 60.6 Å². The van der Waals surface area contributed by atoms with E-state index in [-0.39, 0.29) is 30.0 Å². The van der Waals surface area contributed by atoms with Gasteiger partial charge in [-0.15, -0.1) is 0 Å². The lowest BCUT2D eigenvalue weighted by molar-refractivity contribution is -0.134. The van der Waals surface area contributed by atoms with Crippen LogP contribution in [-0.2, 0) is 11.2 Å². The van der Waals surface area contributed by atoms with Crippen LogP contribution in [-0.4, -0.2) is 41.2 Å². The smallest absolute Gasteiger partial charge is 0.254 e. The van der Waals surface area contributed by atoms with Crippen molar-refractivity contribution in [3.8, 4) is 0 Å². The molecule has 0 aromatic heterocycles. The van der Waals surface area contributed by atoms with Gasteiger partial charge in [-0.3, -0.25) is 9.59 Å². The van der Waals surface area contributed by atoms with E-state index in [1.807, 2.05) is 24.0 Å². The quantitative estimate of drug-likeness (QED) is 0.642. The summed E-state index contributed by atoms with van der Waals surface area (Å²) >= 11 is 0. The van der Waals surface area contributed by atoms with E-state index in [0.29, 0.717) is 13.1 Å². The molecular weight excluding hydrogens is 367 g/mol. The van der Waals surface area contributed by atoms with Crippen LogP contribution >= 0.6 is 0 Å². The number of nitrogens with zero attached hydrogens (tertiary/aromatic N) is 2. The largest absolute Gasteiger partial charge is 0.334 e. The van der Waals surface area contributed by atoms with Gasteiger partial charge in [0.25, 0.3) is 5.91 Å². The fourth-order valence-corrected chi connectivity index (χ4v) is 3.98. The Morgan fingerprint density at radius 2 is 1.93 bits per heavy atom. The summed E-state index contributed by atoms with van der Waals surface area (Å²) in [5.74, 6) is -0.802. The van der Waals surface area contributed by atoms with E-state index in [1.54, 1.807) is 11.0 Å². The molecule has 2 aromatic carbocycles. The number of hydrogen-bond donors (Lipinski definition) is 0. The maximum absolute atomic E-state index is 13.6. The highest BCUT2D eigenvalue weighted by Crippen LogP contribution is 2.29. The van der Waals surface area contributed by atoms with Crippen LogP contribution in [0.3, 0.4) is 0 Å². The van der Waals surface area contributed by atoms with Gasteiger partial charge < -0.3 is 9.80 Å². The molecule has 1 unspecified atom stereocenters. The molecule has 0 radical (unpaired) electrons. The van der Waals surface area contributed by atoms with Gasteiger partial charge in [0.1, 0.15) is 12.4 Å². The summed E-state index contributed by atoms with van der Waals surface area (Å²) in [5.41, 5.74) is 2.73. The van der Waals surface area contributed by atoms with E-state index in [0.717, 1.165) is 25.7 Å². The monoisotopic (exact) mass is 396 g/mol. The van der Waals surface area contributed by atoms with Crippen molar-refractivity contribution in [2.45, 2.75) is 45.6 Å². The molecule has 2 aromatic rings. The molecule has 0 bridgehead atoms. The van der Waals surface area contributed by atoms with Crippen molar-refractivity contribution < 1.29 is 14.0 Å². The Kier molecular flexibility index (Phi) is 7.02. The van der Waals surface area contributed by atoms with Gasteiger partial charge in [0.05, 0.1) is 6.04 Å². The molecule has 2 amide bonds. The van der Waals surface area contributed by atoms with Gasteiger partial charge in [-0.25, -0.2) is 4.39 Å². The van der Waals surface area contributed by atoms with Crippen molar-refractivity contribution in [2.75, 3.05) is 19.6 Å². The SMILES string of the molecule is CCCCCN(CC(=O)N1CCc2ccccc2C1C)C(=O)c1cccc(F)c1. The van der Waals surface area contributed by atoms with Gasteiger partial charge in [-0.05, 0) is 49.1 Å². The zero-order chi connectivity index (χ0) is 20.8. The predicted octanol–water partition coefficient (Wildman–Crippen LogP) is 4.60. The lowest BCUT2D eigenvalue weighted by atomic mass is 9.93. The van der Waals surface area contributed by atoms with Gasteiger partial charge in [-0.2, -0.15) is 0 Å². The van der Waals surface area contributed by atoms with Gasteiger partial charge in [0.2, 0.25) is 5.91 Å². The topological polar surface area (TPSA) is 40.6 Å². The second-order valence-electron chi connectivity index (χ2n) is 7.66. The van der Waals surface area contributed by atoms with Crippen LogP contribution in [0.15, 0.2) is 48.5 Å². The summed E-state index contributed by atoms with van der Waals surface area (Å²) in [6.07, 6.45) is 3.65. The number of unbranched alkanes of at least 4 members (excludes halogenated alkanes) is 2. The number of rotatable bonds is 7. The Bertz CT molecular complexity index is 867. The molecule has 0 fully saturated rings. The Hall–Kier alpha value is -2.69. The summed E-state index contributed by atoms with van der Waals surface area (Å²) in [6, 6.07) is 13.9. The Balaban J connectivity index is 1.75. The van der Waals surface area contributed by atoms with Crippen molar-refractivity contribution >= 4 is 11.8 Å². The third-order valence-corrected chi connectivity index (χ3v) is 5.63. The van der Waals surface area contributed by atoms with E-state index in [9.17, 15) is 14.0 Å². The number of fused-ring (bicyclic) bond motifs is 1. The van der Waals surface area contributed by atoms with Crippen molar-refractivity contribution in [1.82, 2.24) is 9.80 Å². The fraction of sp³-hybridized carbons (Fsp3) is 0.417. The number of amides is 2. The molecule has 1 aliphatic heterocycles. The maximum Gasteiger partial charge on any atom is 0.254 e. The summed E-state index contributed by atoms with van der Waals surface area (Å²) in [7, 11) is 0. The number of carbonyl (C=O) groups excluding carboxylic acids is 2. The van der Waals surface area contributed by atoms with Crippen molar-refractivity contribution in [3.05, 3.63) is 71.0 Å². The second-order valence-corrected chi connectivity index (χ2v) is 7.66. The van der Waals surface area contributed by atoms with Crippen molar-refractivity contribution in [1.29, 1.82) is 0 Å². The minimum atomic E-state index is -0.447. The number of benzene rings is 2. The zero-order valence-corrected chi connectivity index (χ0v) is 17.2. The van der Waals surface area contributed by atoms with Crippen LogP contribution in [0, 0.1) is 5.82 Å². The third kappa shape index (κ3) is 5.03. The van der Waals surface area contributed by atoms with Crippen molar-refractivity contribution in [2.24, 2.45) is 0 Å². The molecule has 1 aliphatic rings. The summed E-state index contributed by atoms with van der Waals surface area (Å²) in [4.78, 5) is 29.5. The van der Waals surface area contributed by atoms with Gasteiger partial charge in [-0.1, -0.05) is 50.1 Å². The number of halogens is 1. The van der Waals surface area contributed by atoms with Crippen LogP contribution in [0.25, 0.3) is 0 Å². The molecule has 0 aliphatic carbocycles. The first-order chi connectivity index (χ1) is 14.0. The minimum Gasteiger partial charge on any atom is -0.334 e. The first-order valence-electron chi connectivity index (χ1n) is 10.4. The molecule has 0 spiro atoms. The molecule has 3 rings (SSSR count). The zero-order valence-electron chi connectivity index (χ0n) is 17.2. The Labute approximate surface area is 172 Å². The predicted molar refractivity (Wildman–Crippen MR) is 112 cm³/mol. The van der Waals surface area contributed by atoms with Gasteiger partial charge >= 0.3 is 0 Å². The van der Waals surface area contributed by atoms with E-state index in [4.69, 9.17) is 0 Å². The molecular formula is C24H29FN2O2. The first kappa shape index (κ1) is 21.0. The average molecular weight is 397 g/mol. The fourth-order valence-electron chi connectivity index (χ4n) is 3.98. The van der Waals surface area contributed by atoms with Crippen LogP contribution < -0.4 is 0 Å². The number of hydrogen-bond acceptors (Lipinski definition) is 2. The lowest BCUT2D eigenvalue weighted by Gasteiger charge is -2.36. The van der Waals surface area contributed by atoms with Gasteiger partial charge in [0, 0.05) is 18.7 Å².